The second-order valence-corrected chi connectivity index (χ2v) is 7.38. The molecule has 2 aliphatic heterocycles. The van der Waals surface area contributed by atoms with Crippen LogP contribution in [0.15, 0.2) is 0 Å². The molecule has 2 heterocycles. The quantitative estimate of drug-likeness (QED) is 0.790. The van der Waals surface area contributed by atoms with E-state index in [9.17, 15) is 9.59 Å². The van der Waals surface area contributed by atoms with Crippen molar-refractivity contribution in [1.29, 1.82) is 0 Å². The lowest BCUT2D eigenvalue weighted by Gasteiger charge is -2.38. The first kappa shape index (κ1) is 16.5. The van der Waals surface area contributed by atoms with Crippen molar-refractivity contribution in [3.05, 3.63) is 0 Å². The van der Waals surface area contributed by atoms with Crippen molar-refractivity contribution in [2.45, 2.75) is 51.1 Å². The van der Waals surface area contributed by atoms with E-state index in [-0.39, 0.29) is 30.5 Å². The minimum atomic E-state index is -0.719. The number of hydrogen-bond donors (Lipinski definition) is 2. The maximum Gasteiger partial charge on any atom is 0.317 e. The molecule has 0 aromatic rings. The second kappa shape index (κ2) is 7.38. The van der Waals surface area contributed by atoms with Crippen LogP contribution in [0.25, 0.3) is 0 Å². The number of urea groups is 1. The van der Waals surface area contributed by atoms with Crippen LogP contribution in [0.4, 0.5) is 4.79 Å². The summed E-state index contributed by atoms with van der Waals surface area (Å²) < 4.78 is 0. The fraction of sp³-hybridized carbons (Fsp3) is 0.867. The molecule has 0 aromatic heterocycles. The highest BCUT2D eigenvalue weighted by Gasteiger charge is 2.43. The molecular formula is C15H26N2O3S. The highest BCUT2D eigenvalue weighted by Crippen LogP contribution is 2.39. The number of carboxylic acid groups (broad SMARTS) is 1. The monoisotopic (exact) mass is 314 g/mol. The molecule has 0 saturated carbocycles. The van der Waals surface area contributed by atoms with E-state index >= 15 is 0 Å². The molecule has 6 heteroatoms. The van der Waals surface area contributed by atoms with Crippen molar-refractivity contribution in [2.75, 3.05) is 18.6 Å². The number of amides is 2. The zero-order chi connectivity index (χ0) is 15.4. The molecule has 0 radical (unpaired) electrons. The van der Waals surface area contributed by atoms with Gasteiger partial charge in [-0.3, -0.25) is 4.79 Å². The van der Waals surface area contributed by atoms with Crippen LogP contribution in [0.3, 0.4) is 0 Å². The average molecular weight is 314 g/mol. The van der Waals surface area contributed by atoms with Crippen LogP contribution in [-0.4, -0.2) is 52.6 Å². The Morgan fingerprint density at radius 1 is 1.33 bits per heavy atom. The van der Waals surface area contributed by atoms with Crippen molar-refractivity contribution < 1.29 is 14.7 Å². The van der Waals surface area contributed by atoms with E-state index in [1.165, 1.54) is 0 Å². The van der Waals surface area contributed by atoms with Crippen molar-refractivity contribution in [2.24, 2.45) is 11.8 Å². The number of hydrogen-bond acceptors (Lipinski definition) is 3. The summed E-state index contributed by atoms with van der Waals surface area (Å²) in [5.41, 5.74) is 0. The molecule has 21 heavy (non-hydrogen) atoms. The predicted molar refractivity (Wildman–Crippen MR) is 84.6 cm³/mol. The highest BCUT2D eigenvalue weighted by atomic mass is 32.2. The summed E-state index contributed by atoms with van der Waals surface area (Å²) in [6, 6.07) is 0.525. The first-order chi connectivity index (χ1) is 10.0. The molecule has 2 N–H and O–H groups in total. The normalized spacial score (nSPS) is 29.2. The molecule has 120 valence electrons. The maximum atomic E-state index is 12.4. The van der Waals surface area contributed by atoms with E-state index in [0.717, 1.165) is 31.4 Å². The van der Waals surface area contributed by atoms with Gasteiger partial charge in [-0.1, -0.05) is 6.92 Å². The maximum absolute atomic E-state index is 12.4. The Bertz CT molecular complexity index is 377. The van der Waals surface area contributed by atoms with Gasteiger partial charge in [0.1, 0.15) is 0 Å². The van der Waals surface area contributed by atoms with E-state index in [4.69, 9.17) is 5.11 Å². The third-order valence-corrected chi connectivity index (χ3v) is 5.48. The number of nitrogens with zero attached hydrogens (tertiary/aromatic N) is 1. The van der Waals surface area contributed by atoms with Gasteiger partial charge in [-0.2, -0.15) is 11.8 Å². The molecule has 2 saturated heterocycles. The Morgan fingerprint density at radius 2 is 1.95 bits per heavy atom. The van der Waals surface area contributed by atoms with Crippen molar-refractivity contribution in [1.82, 2.24) is 10.2 Å². The molecular weight excluding hydrogens is 288 g/mol. The van der Waals surface area contributed by atoms with Gasteiger partial charge in [0.05, 0.1) is 0 Å². The van der Waals surface area contributed by atoms with Gasteiger partial charge in [-0.15, -0.1) is 0 Å². The number of fused-ring (bicyclic) bond motifs is 2. The third kappa shape index (κ3) is 4.28. The van der Waals surface area contributed by atoms with E-state index in [2.05, 4.69) is 18.5 Å². The first-order valence-electron chi connectivity index (χ1n) is 7.78. The fourth-order valence-corrected chi connectivity index (χ4v) is 4.42. The predicted octanol–water partition coefficient (Wildman–Crippen LogP) is 2.41. The van der Waals surface area contributed by atoms with Crippen molar-refractivity contribution >= 4 is 23.8 Å². The summed E-state index contributed by atoms with van der Waals surface area (Å²) in [7, 11) is 0. The van der Waals surface area contributed by atoms with E-state index in [0.29, 0.717) is 12.5 Å². The number of carbonyl (C=O) groups excluding carboxylic acids is 1. The van der Waals surface area contributed by atoms with Crippen LogP contribution in [-0.2, 0) is 4.79 Å². The number of aliphatic carboxylic acids is 1. The number of rotatable bonds is 6. The lowest BCUT2D eigenvalue weighted by Crippen LogP contribution is -2.51. The topological polar surface area (TPSA) is 69.6 Å². The number of nitrogens with one attached hydrogen (secondary N) is 1. The summed E-state index contributed by atoms with van der Waals surface area (Å²) in [6.45, 7) is 2.86. The summed E-state index contributed by atoms with van der Waals surface area (Å²) >= 11 is 1.80. The van der Waals surface area contributed by atoms with Crippen molar-refractivity contribution in [3.8, 4) is 0 Å². The van der Waals surface area contributed by atoms with Crippen LogP contribution >= 0.6 is 11.8 Å². The molecule has 0 spiro atoms. The van der Waals surface area contributed by atoms with Crippen LogP contribution < -0.4 is 5.32 Å². The van der Waals surface area contributed by atoms with E-state index in [1.54, 1.807) is 11.8 Å². The number of thioether (sulfide) groups is 1. The van der Waals surface area contributed by atoms with Gasteiger partial charge in [0, 0.05) is 25.0 Å². The SMILES string of the molecule is CSCC(C)CNC(=O)N1C2CCC1CC(CC(=O)O)C2. The first-order valence-corrected chi connectivity index (χ1v) is 9.17. The number of carbonyl (C=O) groups is 2. The molecule has 3 unspecified atom stereocenters. The molecule has 0 aromatic carbocycles. The highest BCUT2D eigenvalue weighted by molar-refractivity contribution is 7.98. The van der Waals surface area contributed by atoms with Gasteiger partial charge < -0.3 is 15.3 Å². The zero-order valence-electron chi connectivity index (χ0n) is 12.9. The smallest absolute Gasteiger partial charge is 0.317 e. The number of carboxylic acids is 1. The largest absolute Gasteiger partial charge is 0.481 e. The molecule has 2 amide bonds. The lowest BCUT2D eigenvalue weighted by molar-refractivity contribution is -0.138. The van der Waals surface area contributed by atoms with Crippen LogP contribution in [0.5, 0.6) is 0 Å². The molecule has 2 bridgehead atoms. The Morgan fingerprint density at radius 3 is 2.48 bits per heavy atom. The summed E-state index contributed by atoms with van der Waals surface area (Å²) in [4.78, 5) is 25.2. The van der Waals surface area contributed by atoms with Crippen LogP contribution in [0.1, 0.15) is 39.0 Å². The minimum Gasteiger partial charge on any atom is -0.481 e. The third-order valence-electron chi connectivity index (χ3n) is 4.58. The molecule has 0 aliphatic carbocycles. The molecule has 2 aliphatic rings. The Labute approximate surface area is 130 Å². The molecule has 2 rings (SSSR count). The Kier molecular flexibility index (Phi) is 5.79. The van der Waals surface area contributed by atoms with Gasteiger partial charge in [0.2, 0.25) is 0 Å². The molecule has 5 nitrogen and oxygen atoms in total. The lowest BCUT2D eigenvalue weighted by atomic mass is 9.88. The van der Waals surface area contributed by atoms with Gasteiger partial charge >= 0.3 is 12.0 Å². The standard InChI is InChI=1S/C15H26N2O3S/c1-10(9-21-2)8-16-15(20)17-12-3-4-13(17)6-11(5-12)7-14(18)19/h10-13H,3-9H2,1-2H3,(H,16,20)(H,18,19). The van der Waals surface area contributed by atoms with Gasteiger partial charge in [-0.05, 0) is 49.5 Å². The summed E-state index contributed by atoms with van der Waals surface area (Å²) in [5, 5.41) is 12.0. The van der Waals surface area contributed by atoms with Crippen LogP contribution in [0.2, 0.25) is 0 Å². The average Bonchev–Trinajstić information content (AvgIpc) is 2.67. The van der Waals surface area contributed by atoms with E-state index < -0.39 is 5.97 Å². The molecule has 2 fully saturated rings. The number of piperidine rings is 1. The second-order valence-electron chi connectivity index (χ2n) is 6.47. The summed E-state index contributed by atoms with van der Waals surface area (Å²) in [6.07, 6.45) is 6.05. The van der Waals surface area contributed by atoms with Gasteiger partial charge in [-0.25, -0.2) is 4.79 Å². The Balaban J connectivity index is 1.85. The minimum absolute atomic E-state index is 0.0456. The van der Waals surface area contributed by atoms with Crippen molar-refractivity contribution in [3.63, 3.8) is 0 Å². The van der Waals surface area contributed by atoms with E-state index in [1.807, 2.05) is 4.90 Å². The summed E-state index contributed by atoms with van der Waals surface area (Å²) in [5.74, 6) is 1.04. The fourth-order valence-electron chi connectivity index (χ4n) is 3.73. The zero-order valence-corrected chi connectivity index (χ0v) is 13.7. The molecule has 3 atom stereocenters. The van der Waals surface area contributed by atoms with Crippen LogP contribution in [0, 0.1) is 11.8 Å². The van der Waals surface area contributed by atoms with Gasteiger partial charge in [0.15, 0.2) is 0 Å². The Hall–Kier alpha value is -0.910. The van der Waals surface area contributed by atoms with Gasteiger partial charge in [0.25, 0.3) is 0 Å².